The normalized spacial score (nSPS) is 20.1. The molecule has 1 aliphatic heterocycles. The fourth-order valence-corrected chi connectivity index (χ4v) is 2.32. The second-order valence-electron chi connectivity index (χ2n) is 4.60. The zero-order valence-electron chi connectivity index (χ0n) is 10.2. The molecule has 96 valence electrons. The second kappa shape index (κ2) is 4.68. The van der Waals surface area contributed by atoms with Crippen LogP contribution in [0.15, 0.2) is 24.3 Å². The van der Waals surface area contributed by atoms with Crippen LogP contribution in [-0.2, 0) is 16.0 Å². The second-order valence-corrected chi connectivity index (χ2v) is 4.60. The molecule has 5 nitrogen and oxygen atoms in total. The molecule has 18 heavy (non-hydrogen) atoms. The minimum atomic E-state index is -0.842. The first-order valence-electron chi connectivity index (χ1n) is 5.87. The van der Waals surface area contributed by atoms with Gasteiger partial charge in [-0.2, -0.15) is 0 Å². The van der Waals surface area contributed by atoms with Crippen LogP contribution in [0.4, 0.5) is 5.69 Å². The zero-order valence-corrected chi connectivity index (χ0v) is 10.2. The largest absolute Gasteiger partial charge is 0.481 e. The van der Waals surface area contributed by atoms with E-state index in [4.69, 9.17) is 10.8 Å². The number of carboxylic acid groups (broad SMARTS) is 1. The molecule has 0 spiro atoms. The Morgan fingerprint density at radius 1 is 1.44 bits per heavy atom. The molecule has 0 fully saturated rings. The molecular formula is C13H16N2O3. The molecule has 0 saturated carbocycles. The van der Waals surface area contributed by atoms with Gasteiger partial charge in [0.25, 0.3) is 0 Å². The summed E-state index contributed by atoms with van der Waals surface area (Å²) in [6.45, 7) is 2.01. The van der Waals surface area contributed by atoms with Crippen LogP contribution < -0.4 is 10.6 Å². The van der Waals surface area contributed by atoms with E-state index in [-0.39, 0.29) is 0 Å². The number of primary amides is 1. The van der Waals surface area contributed by atoms with Crippen LogP contribution in [0.2, 0.25) is 0 Å². The maximum absolute atomic E-state index is 11.3. The third-order valence-electron chi connectivity index (χ3n) is 3.41. The van der Waals surface area contributed by atoms with Gasteiger partial charge in [-0.3, -0.25) is 9.59 Å². The number of rotatable bonds is 3. The predicted octanol–water partition coefficient (Wildman–Crippen LogP) is 0.624. The highest BCUT2D eigenvalue weighted by Gasteiger charge is 2.32. The minimum absolute atomic E-state index is 0.316. The van der Waals surface area contributed by atoms with E-state index < -0.39 is 23.8 Å². The summed E-state index contributed by atoms with van der Waals surface area (Å²) in [7, 11) is 0. The number of hydrogen-bond donors (Lipinski definition) is 2. The van der Waals surface area contributed by atoms with Crippen molar-refractivity contribution < 1.29 is 14.7 Å². The molecule has 1 aliphatic rings. The molecule has 1 amide bonds. The molecule has 1 heterocycles. The first-order chi connectivity index (χ1) is 8.50. The van der Waals surface area contributed by atoms with Crippen molar-refractivity contribution in [2.24, 2.45) is 11.7 Å². The lowest BCUT2D eigenvalue weighted by Crippen LogP contribution is -2.49. The van der Waals surface area contributed by atoms with Gasteiger partial charge in [-0.1, -0.05) is 18.2 Å². The first kappa shape index (κ1) is 12.4. The summed E-state index contributed by atoms with van der Waals surface area (Å²) < 4.78 is 0. The van der Waals surface area contributed by atoms with Gasteiger partial charge < -0.3 is 15.7 Å². The number of carboxylic acids is 1. The summed E-state index contributed by atoms with van der Waals surface area (Å²) in [5.41, 5.74) is 7.17. The summed E-state index contributed by atoms with van der Waals surface area (Å²) in [6.07, 6.45) is 0.494. The number of anilines is 1. The summed E-state index contributed by atoms with van der Waals surface area (Å²) in [5.74, 6) is -1.79. The highest BCUT2D eigenvalue weighted by molar-refractivity contribution is 5.84. The highest BCUT2D eigenvalue weighted by Crippen LogP contribution is 2.31. The van der Waals surface area contributed by atoms with Crippen molar-refractivity contribution in [3.05, 3.63) is 29.8 Å². The standard InChI is InChI=1S/C13H16N2O3/c1-8(12(14)16)15-7-10(13(17)18)6-9-4-2-3-5-11(9)15/h2-5,8,10H,6-7H2,1H3,(H2,14,16)(H,17,18). The molecule has 1 aromatic carbocycles. The van der Waals surface area contributed by atoms with Crippen molar-refractivity contribution >= 4 is 17.6 Å². The molecule has 5 heteroatoms. The quantitative estimate of drug-likeness (QED) is 0.821. The fourth-order valence-electron chi connectivity index (χ4n) is 2.32. The van der Waals surface area contributed by atoms with Crippen molar-refractivity contribution in [3.8, 4) is 0 Å². The van der Waals surface area contributed by atoms with Crippen molar-refractivity contribution in [1.29, 1.82) is 0 Å². The maximum Gasteiger partial charge on any atom is 0.308 e. The summed E-state index contributed by atoms with van der Waals surface area (Å²) in [4.78, 5) is 24.3. The Labute approximate surface area is 105 Å². The van der Waals surface area contributed by atoms with E-state index in [1.807, 2.05) is 24.3 Å². The molecule has 2 rings (SSSR count). The lowest BCUT2D eigenvalue weighted by atomic mass is 9.91. The number of fused-ring (bicyclic) bond motifs is 1. The number of aliphatic carboxylic acids is 1. The van der Waals surface area contributed by atoms with Gasteiger partial charge in [0.05, 0.1) is 5.92 Å². The minimum Gasteiger partial charge on any atom is -0.481 e. The van der Waals surface area contributed by atoms with E-state index in [1.54, 1.807) is 11.8 Å². The molecule has 2 atom stereocenters. The Morgan fingerprint density at radius 2 is 2.11 bits per heavy atom. The molecule has 0 saturated heterocycles. The zero-order chi connectivity index (χ0) is 13.3. The third-order valence-corrected chi connectivity index (χ3v) is 3.41. The molecule has 3 N–H and O–H groups in total. The molecule has 0 radical (unpaired) electrons. The van der Waals surface area contributed by atoms with Crippen LogP contribution in [0.5, 0.6) is 0 Å². The number of hydrogen-bond acceptors (Lipinski definition) is 3. The van der Waals surface area contributed by atoms with Crippen molar-refractivity contribution in [1.82, 2.24) is 0 Å². The number of amides is 1. The number of benzene rings is 1. The van der Waals surface area contributed by atoms with E-state index in [0.29, 0.717) is 13.0 Å². The average molecular weight is 248 g/mol. The lowest BCUT2D eigenvalue weighted by Gasteiger charge is -2.37. The highest BCUT2D eigenvalue weighted by atomic mass is 16.4. The average Bonchev–Trinajstić information content (AvgIpc) is 2.36. The SMILES string of the molecule is CC(C(N)=O)N1CC(C(=O)O)Cc2ccccc21. The van der Waals surface area contributed by atoms with Gasteiger partial charge in [-0.15, -0.1) is 0 Å². The van der Waals surface area contributed by atoms with E-state index in [2.05, 4.69) is 0 Å². The van der Waals surface area contributed by atoms with E-state index in [1.165, 1.54) is 0 Å². The number of nitrogens with zero attached hydrogens (tertiary/aromatic N) is 1. The molecule has 0 aliphatic carbocycles. The maximum atomic E-state index is 11.3. The Hall–Kier alpha value is -2.04. The third kappa shape index (κ3) is 2.16. The van der Waals surface area contributed by atoms with Crippen LogP contribution in [0.25, 0.3) is 0 Å². The summed E-state index contributed by atoms with van der Waals surface area (Å²) in [5, 5.41) is 9.16. The van der Waals surface area contributed by atoms with Gasteiger partial charge in [0, 0.05) is 12.2 Å². The van der Waals surface area contributed by atoms with Gasteiger partial charge in [0.1, 0.15) is 6.04 Å². The number of para-hydroxylation sites is 1. The predicted molar refractivity (Wildman–Crippen MR) is 67.3 cm³/mol. The Kier molecular flexibility index (Phi) is 3.23. The smallest absolute Gasteiger partial charge is 0.308 e. The van der Waals surface area contributed by atoms with E-state index in [9.17, 15) is 9.59 Å². The van der Waals surface area contributed by atoms with Gasteiger partial charge >= 0.3 is 5.97 Å². The molecule has 1 aromatic rings. The van der Waals surface area contributed by atoms with Crippen LogP contribution >= 0.6 is 0 Å². The summed E-state index contributed by atoms with van der Waals surface area (Å²) >= 11 is 0. The number of carbonyl (C=O) groups excluding carboxylic acids is 1. The van der Waals surface area contributed by atoms with Gasteiger partial charge in [-0.25, -0.2) is 0 Å². The van der Waals surface area contributed by atoms with Crippen LogP contribution in [0, 0.1) is 5.92 Å². The van der Waals surface area contributed by atoms with Gasteiger partial charge in [0.15, 0.2) is 0 Å². The van der Waals surface area contributed by atoms with Crippen molar-refractivity contribution in [2.45, 2.75) is 19.4 Å². The molecule has 0 aromatic heterocycles. The molecular weight excluding hydrogens is 232 g/mol. The topological polar surface area (TPSA) is 83.6 Å². The fraction of sp³-hybridized carbons (Fsp3) is 0.385. The van der Waals surface area contributed by atoms with Gasteiger partial charge in [0.2, 0.25) is 5.91 Å². The van der Waals surface area contributed by atoms with E-state index in [0.717, 1.165) is 11.3 Å². The van der Waals surface area contributed by atoms with Crippen molar-refractivity contribution in [2.75, 3.05) is 11.4 Å². The van der Waals surface area contributed by atoms with Crippen LogP contribution in [0.3, 0.4) is 0 Å². The Morgan fingerprint density at radius 3 is 2.72 bits per heavy atom. The van der Waals surface area contributed by atoms with E-state index >= 15 is 0 Å². The first-order valence-corrected chi connectivity index (χ1v) is 5.87. The van der Waals surface area contributed by atoms with Gasteiger partial charge in [-0.05, 0) is 25.0 Å². The Balaban J connectivity index is 2.39. The monoisotopic (exact) mass is 248 g/mol. The Bertz CT molecular complexity index is 487. The molecule has 0 bridgehead atoms. The number of carbonyl (C=O) groups is 2. The van der Waals surface area contributed by atoms with Crippen LogP contribution in [0.1, 0.15) is 12.5 Å². The summed E-state index contributed by atoms with van der Waals surface area (Å²) in [6, 6.07) is 7.03. The molecule has 2 unspecified atom stereocenters. The van der Waals surface area contributed by atoms with Crippen molar-refractivity contribution in [3.63, 3.8) is 0 Å². The van der Waals surface area contributed by atoms with Crippen LogP contribution in [-0.4, -0.2) is 29.6 Å². The number of nitrogens with two attached hydrogens (primary N) is 1. The lowest BCUT2D eigenvalue weighted by molar-refractivity contribution is -0.141.